The molecule has 1 saturated heterocycles. The fourth-order valence-electron chi connectivity index (χ4n) is 3.84. The van der Waals surface area contributed by atoms with E-state index < -0.39 is 0 Å². The van der Waals surface area contributed by atoms with E-state index in [9.17, 15) is 4.79 Å². The molecule has 7 heteroatoms. The van der Waals surface area contributed by atoms with Crippen LogP contribution in [0.3, 0.4) is 0 Å². The third kappa shape index (κ3) is 4.74. The minimum Gasteiger partial charge on any atom is -0.353 e. The van der Waals surface area contributed by atoms with E-state index in [4.69, 9.17) is 4.37 Å². The van der Waals surface area contributed by atoms with Gasteiger partial charge in [-0.2, -0.15) is 4.37 Å². The number of amides is 1. The van der Waals surface area contributed by atoms with Crippen molar-refractivity contribution < 1.29 is 4.79 Å². The Balaban J connectivity index is 1.25. The van der Waals surface area contributed by atoms with Crippen LogP contribution in [0, 0.1) is 6.92 Å². The second kappa shape index (κ2) is 8.88. The van der Waals surface area contributed by atoms with Crippen molar-refractivity contribution in [1.29, 1.82) is 0 Å². The van der Waals surface area contributed by atoms with Crippen LogP contribution in [-0.2, 0) is 11.2 Å². The Morgan fingerprint density at radius 1 is 1.14 bits per heavy atom. The molecule has 1 aliphatic heterocycles. The van der Waals surface area contributed by atoms with Gasteiger partial charge in [0.2, 0.25) is 5.91 Å². The molecule has 1 amide bonds. The van der Waals surface area contributed by atoms with Crippen LogP contribution in [0.25, 0.3) is 10.1 Å². The molecule has 0 spiro atoms. The number of pyridine rings is 1. The molecular formula is C22H27N5OS. The molecule has 0 unspecified atom stereocenters. The van der Waals surface area contributed by atoms with Crippen molar-refractivity contribution in [3.05, 3.63) is 47.8 Å². The first-order chi connectivity index (χ1) is 14.1. The van der Waals surface area contributed by atoms with Gasteiger partial charge in [0.1, 0.15) is 5.82 Å². The Hall–Kier alpha value is -2.51. The smallest absolute Gasteiger partial charge is 0.221 e. The number of nitrogens with one attached hydrogen (secondary N) is 1. The summed E-state index contributed by atoms with van der Waals surface area (Å²) in [5, 5.41) is 4.09. The number of fused-ring (bicyclic) bond motifs is 1. The summed E-state index contributed by atoms with van der Waals surface area (Å²) in [7, 11) is 0. The van der Waals surface area contributed by atoms with Gasteiger partial charge in [-0.25, -0.2) is 0 Å². The molecule has 1 aliphatic rings. The normalized spacial score (nSPS) is 15.0. The second-order valence-electron chi connectivity index (χ2n) is 7.55. The number of hydrogen-bond acceptors (Lipinski definition) is 6. The lowest BCUT2D eigenvalue weighted by Gasteiger charge is -2.35. The number of hydrogen-bond donors (Lipinski definition) is 1. The van der Waals surface area contributed by atoms with Gasteiger partial charge in [-0.3, -0.25) is 14.7 Å². The van der Waals surface area contributed by atoms with E-state index in [0.717, 1.165) is 68.5 Å². The van der Waals surface area contributed by atoms with Crippen molar-refractivity contribution in [3.63, 3.8) is 0 Å². The van der Waals surface area contributed by atoms with Crippen molar-refractivity contribution in [1.82, 2.24) is 14.3 Å². The first-order valence-corrected chi connectivity index (χ1v) is 10.9. The highest BCUT2D eigenvalue weighted by molar-refractivity contribution is 7.13. The Labute approximate surface area is 175 Å². The SMILES string of the molecule is CC(=O)Nc1ccc(CCCN2CCN(c3nsc4ccccc34)CC2)nc1C. The molecule has 0 saturated carbocycles. The van der Waals surface area contributed by atoms with E-state index in [-0.39, 0.29) is 5.91 Å². The van der Waals surface area contributed by atoms with Gasteiger partial charge in [-0.15, -0.1) is 0 Å². The molecule has 1 N–H and O–H groups in total. The van der Waals surface area contributed by atoms with Gasteiger partial charge in [-0.1, -0.05) is 12.1 Å². The molecule has 3 aromatic rings. The summed E-state index contributed by atoms with van der Waals surface area (Å²) in [5.74, 6) is 1.08. The van der Waals surface area contributed by atoms with E-state index in [1.54, 1.807) is 11.5 Å². The topological polar surface area (TPSA) is 61.4 Å². The van der Waals surface area contributed by atoms with Gasteiger partial charge in [-0.05, 0) is 62.1 Å². The van der Waals surface area contributed by atoms with Gasteiger partial charge < -0.3 is 10.2 Å². The number of benzene rings is 1. The summed E-state index contributed by atoms with van der Waals surface area (Å²) >= 11 is 1.59. The predicted octanol–water partition coefficient (Wildman–Crippen LogP) is 3.71. The first-order valence-electron chi connectivity index (χ1n) is 10.2. The zero-order chi connectivity index (χ0) is 20.2. The van der Waals surface area contributed by atoms with E-state index in [0.29, 0.717) is 0 Å². The van der Waals surface area contributed by atoms with Crippen molar-refractivity contribution >= 4 is 39.0 Å². The monoisotopic (exact) mass is 409 g/mol. The van der Waals surface area contributed by atoms with E-state index in [1.807, 2.05) is 19.1 Å². The Bertz CT molecular complexity index is 994. The van der Waals surface area contributed by atoms with Crippen LogP contribution < -0.4 is 10.2 Å². The molecule has 3 heterocycles. The molecule has 0 radical (unpaired) electrons. The van der Waals surface area contributed by atoms with Crippen molar-refractivity contribution in [2.45, 2.75) is 26.7 Å². The number of aryl methyl sites for hydroxylation is 2. The lowest BCUT2D eigenvalue weighted by atomic mass is 10.1. The maximum absolute atomic E-state index is 11.2. The molecule has 0 aliphatic carbocycles. The standard InChI is InChI=1S/C22H27N5OS/c1-16-20(24-17(2)28)10-9-18(23-16)6-5-11-26-12-14-27(15-13-26)22-19-7-3-4-8-21(19)29-25-22/h3-4,7-10H,5-6,11-15H2,1-2H3,(H,24,28). The summed E-state index contributed by atoms with van der Waals surface area (Å²) < 4.78 is 5.95. The highest BCUT2D eigenvalue weighted by Crippen LogP contribution is 2.29. The van der Waals surface area contributed by atoms with E-state index in [2.05, 4.69) is 44.4 Å². The minimum absolute atomic E-state index is 0.0626. The number of aromatic nitrogens is 2. The van der Waals surface area contributed by atoms with Gasteiger partial charge >= 0.3 is 0 Å². The zero-order valence-electron chi connectivity index (χ0n) is 17.0. The maximum atomic E-state index is 11.2. The summed E-state index contributed by atoms with van der Waals surface area (Å²) in [5.41, 5.74) is 2.76. The summed E-state index contributed by atoms with van der Waals surface area (Å²) in [6.45, 7) is 8.73. The number of rotatable bonds is 6. The van der Waals surface area contributed by atoms with Crippen LogP contribution >= 0.6 is 11.5 Å². The number of carbonyl (C=O) groups excluding carboxylic acids is 1. The average Bonchev–Trinajstić information content (AvgIpc) is 3.14. The summed E-state index contributed by atoms with van der Waals surface area (Å²) in [4.78, 5) is 20.8. The lowest BCUT2D eigenvalue weighted by molar-refractivity contribution is -0.114. The first kappa shape index (κ1) is 19.8. The molecule has 0 bridgehead atoms. The van der Waals surface area contributed by atoms with Crippen LogP contribution in [0.5, 0.6) is 0 Å². The van der Waals surface area contributed by atoms with Gasteiger partial charge in [0.25, 0.3) is 0 Å². The summed E-state index contributed by atoms with van der Waals surface area (Å²) in [6, 6.07) is 12.5. The molecule has 4 rings (SSSR count). The fourth-order valence-corrected chi connectivity index (χ4v) is 4.64. The molecule has 29 heavy (non-hydrogen) atoms. The van der Waals surface area contributed by atoms with Crippen LogP contribution in [0.15, 0.2) is 36.4 Å². The Morgan fingerprint density at radius 3 is 2.69 bits per heavy atom. The van der Waals surface area contributed by atoms with Crippen molar-refractivity contribution in [3.8, 4) is 0 Å². The number of piperazine rings is 1. The largest absolute Gasteiger partial charge is 0.353 e. The number of anilines is 2. The van der Waals surface area contributed by atoms with Gasteiger partial charge in [0.05, 0.1) is 16.1 Å². The maximum Gasteiger partial charge on any atom is 0.221 e. The van der Waals surface area contributed by atoms with Crippen molar-refractivity contribution in [2.24, 2.45) is 0 Å². The quantitative estimate of drug-likeness (QED) is 0.672. The molecule has 2 aromatic heterocycles. The third-order valence-corrected chi connectivity index (χ3v) is 6.21. The fraction of sp³-hybridized carbons (Fsp3) is 0.409. The minimum atomic E-state index is -0.0626. The average molecular weight is 410 g/mol. The lowest BCUT2D eigenvalue weighted by Crippen LogP contribution is -2.46. The van der Waals surface area contributed by atoms with E-state index in [1.165, 1.54) is 17.0 Å². The van der Waals surface area contributed by atoms with Crippen LogP contribution in [-0.4, -0.2) is 52.9 Å². The third-order valence-electron chi connectivity index (χ3n) is 5.39. The zero-order valence-corrected chi connectivity index (χ0v) is 17.8. The second-order valence-corrected chi connectivity index (χ2v) is 8.36. The molecule has 0 atom stereocenters. The van der Waals surface area contributed by atoms with Crippen LogP contribution in [0.4, 0.5) is 11.5 Å². The van der Waals surface area contributed by atoms with Gasteiger partial charge in [0.15, 0.2) is 0 Å². The number of carbonyl (C=O) groups is 1. The molecule has 1 aromatic carbocycles. The predicted molar refractivity (Wildman–Crippen MR) is 120 cm³/mol. The highest BCUT2D eigenvalue weighted by atomic mass is 32.1. The van der Waals surface area contributed by atoms with E-state index >= 15 is 0 Å². The molecule has 1 fully saturated rings. The van der Waals surface area contributed by atoms with Crippen LogP contribution in [0.1, 0.15) is 24.7 Å². The van der Waals surface area contributed by atoms with Crippen molar-refractivity contribution in [2.75, 3.05) is 42.9 Å². The Morgan fingerprint density at radius 2 is 1.93 bits per heavy atom. The molecule has 6 nitrogen and oxygen atoms in total. The number of nitrogens with zero attached hydrogens (tertiary/aromatic N) is 4. The highest BCUT2D eigenvalue weighted by Gasteiger charge is 2.20. The molecule has 152 valence electrons. The Kier molecular flexibility index (Phi) is 6.06. The summed E-state index contributed by atoms with van der Waals surface area (Å²) in [6.07, 6.45) is 2.05. The van der Waals surface area contributed by atoms with Gasteiger partial charge in [0, 0.05) is 44.2 Å². The molecular weight excluding hydrogens is 382 g/mol. The van der Waals surface area contributed by atoms with Crippen LogP contribution in [0.2, 0.25) is 0 Å².